The van der Waals surface area contributed by atoms with Crippen LogP contribution in [0.5, 0.6) is 0 Å². The lowest BCUT2D eigenvalue weighted by Gasteiger charge is -2.15. The Balaban J connectivity index is 1.92. The number of fused-ring (bicyclic) bond motifs is 1. The molecule has 1 N–H and O–H groups in total. The number of pyridine rings is 1. The number of halogens is 1. The van der Waals surface area contributed by atoms with Crippen molar-refractivity contribution in [1.29, 1.82) is 0 Å². The van der Waals surface area contributed by atoms with Crippen molar-refractivity contribution in [3.63, 3.8) is 0 Å². The Bertz CT molecular complexity index is 1490. The first-order chi connectivity index (χ1) is 17.1. The van der Waals surface area contributed by atoms with E-state index in [-0.39, 0.29) is 5.91 Å². The predicted molar refractivity (Wildman–Crippen MR) is 142 cm³/mol. The highest BCUT2D eigenvalue weighted by molar-refractivity contribution is 6.30. The third kappa shape index (κ3) is 4.31. The molecule has 0 aliphatic heterocycles. The summed E-state index contributed by atoms with van der Waals surface area (Å²) in [5, 5.41) is 9.54. The van der Waals surface area contributed by atoms with E-state index in [1.165, 1.54) is 0 Å². The third-order valence-corrected chi connectivity index (χ3v) is 6.19. The predicted octanol–water partition coefficient (Wildman–Crippen LogP) is 6.86. The first-order valence-electron chi connectivity index (χ1n) is 11.7. The second-order valence-corrected chi connectivity index (χ2v) is 8.81. The van der Waals surface area contributed by atoms with E-state index < -0.39 is 0 Å². The van der Waals surface area contributed by atoms with Crippen molar-refractivity contribution in [2.45, 2.75) is 20.3 Å². The molecule has 5 rings (SSSR count). The Kier molecular flexibility index (Phi) is 6.34. The number of amides is 1. The summed E-state index contributed by atoms with van der Waals surface area (Å²) in [4.78, 5) is 18.4. The molecular formula is C29H25ClN4O. The van der Waals surface area contributed by atoms with Crippen LogP contribution in [0.4, 0.5) is 0 Å². The van der Waals surface area contributed by atoms with Crippen LogP contribution >= 0.6 is 11.6 Å². The van der Waals surface area contributed by atoms with Crippen molar-refractivity contribution >= 4 is 28.5 Å². The minimum absolute atomic E-state index is 0.143. The standard InChI is InChI=1S/C29H25ClN4O/c1-3-18-31-29(35)24-19(2)32-28-26(25(24)20-14-16-22(30)17-15-20)27(21-10-6-4-7-11-21)33-34(28)23-12-8-5-9-13-23/h4-17H,3,18H2,1-2H3,(H,31,35). The smallest absolute Gasteiger partial charge is 0.253 e. The van der Waals surface area contributed by atoms with Gasteiger partial charge in [0, 0.05) is 22.7 Å². The van der Waals surface area contributed by atoms with Gasteiger partial charge in [0.15, 0.2) is 5.65 Å². The first-order valence-corrected chi connectivity index (χ1v) is 12.0. The number of aromatic nitrogens is 3. The molecule has 5 aromatic rings. The molecule has 0 aliphatic carbocycles. The lowest BCUT2D eigenvalue weighted by Crippen LogP contribution is -2.26. The normalized spacial score (nSPS) is 11.1. The summed E-state index contributed by atoms with van der Waals surface area (Å²) in [6, 6.07) is 27.5. The van der Waals surface area contributed by atoms with Gasteiger partial charge in [0.1, 0.15) is 5.69 Å². The first kappa shape index (κ1) is 22.8. The summed E-state index contributed by atoms with van der Waals surface area (Å²) in [6.45, 7) is 4.50. The fraction of sp³-hybridized carbons (Fsp3) is 0.138. The number of nitrogens with one attached hydrogen (secondary N) is 1. The van der Waals surface area contributed by atoms with Crippen molar-refractivity contribution in [2.75, 3.05) is 6.54 Å². The lowest BCUT2D eigenvalue weighted by atomic mass is 9.93. The Hall–Kier alpha value is -3.96. The number of para-hydroxylation sites is 1. The third-order valence-electron chi connectivity index (χ3n) is 5.94. The van der Waals surface area contributed by atoms with E-state index in [4.69, 9.17) is 21.7 Å². The molecule has 0 saturated heterocycles. The minimum Gasteiger partial charge on any atom is -0.352 e. The molecule has 35 heavy (non-hydrogen) atoms. The summed E-state index contributed by atoms with van der Waals surface area (Å²) in [7, 11) is 0. The lowest BCUT2D eigenvalue weighted by molar-refractivity contribution is 0.0953. The van der Waals surface area contributed by atoms with Crippen LogP contribution in [0.2, 0.25) is 5.02 Å². The number of rotatable bonds is 6. The second kappa shape index (κ2) is 9.72. The maximum Gasteiger partial charge on any atom is 0.253 e. The molecule has 2 heterocycles. The number of nitrogens with zero attached hydrogens (tertiary/aromatic N) is 3. The van der Waals surface area contributed by atoms with E-state index in [2.05, 4.69) is 5.32 Å². The van der Waals surface area contributed by atoms with Gasteiger partial charge in [0.2, 0.25) is 0 Å². The zero-order valence-electron chi connectivity index (χ0n) is 19.6. The van der Waals surface area contributed by atoms with Crippen LogP contribution in [0.3, 0.4) is 0 Å². The molecule has 0 saturated carbocycles. The molecule has 0 atom stereocenters. The van der Waals surface area contributed by atoms with Gasteiger partial charge in [-0.05, 0) is 43.2 Å². The highest BCUT2D eigenvalue weighted by atomic mass is 35.5. The van der Waals surface area contributed by atoms with Gasteiger partial charge in [-0.3, -0.25) is 4.79 Å². The van der Waals surface area contributed by atoms with Crippen LogP contribution in [0.1, 0.15) is 29.4 Å². The molecule has 1 amide bonds. The van der Waals surface area contributed by atoms with Crippen molar-refractivity contribution in [1.82, 2.24) is 20.1 Å². The second-order valence-electron chi connectivity index (χ2n) is 8.37. The van der Waals surface area contributed by atoms with Crippen LogP contribution in [-0.4, -0.2) is 27.2 Å². The number of carbonyl (C=O) groups is 1. The molecule has 6 heteroatoms. The van der Waals surface area contributed by atoms with E-state index in [0.29, 0.717) is 28.5 Å². The quantitative estimate of drug-likeness (QED) is 0.289. The highest BCUT2D eigenvalue weighted by Gasteiger charge is 2.26. The molecule has 0 spiro atoms. The van der Waals surface area contributed by atoms with E-state index in [9.17, 15) is 4.79 Å². The van der Waals surface area contributed by atoms with Crippen molar-refractivity contribution in [2.24, 2.45) is 0 Å². The van der Waals surface area contributed by atoms with Crippen molar-refractivity contribution < 1.29 is 4.79 Å². The van der Waals surface area contributed by atoms with Gasteiger partial charge < -0.3 is 5.32 Å². The molecule has 3 aromatic carbocycles. The van der Waals surface area contributed by atoms with Crippen molar-refractivity contribution in [3.8, 4) is 28.1 Å². The van der Waals surface area contributed by atoms with E-state index in [1.807, 2.05) is 103 Å². The Morgan fingerprint density at radius 1 is 0.914 bits per heavy atom. The van der Waals surface area contributed by atoms with Crippen LogP contribution in [0.25, 0.3) is 39.1 Å². The zero-order valence-corrected chi connectivity index (χ0v) is 20.4. The fourth-order valence-corrected chi connectivity index (χ4v) is 4.45. The number of benzene rings is 3. The summed E-state index contributed by atoms with van der Waals surface area (Å²) >= 11 is 6.22. The Morgan fingerprint density at radius 3 is 2.23 bits per heavy atom. The molecule has 0 unspecified atom stereocenters. The molecule has 2 aromatic heterocycles. The fourth-order valence-electron chi connectivity index (χ4n) is 4.32. The highest BCUT2D eigenvalue weighted by Crippen LogP contribution is 2.40. The monoisotopic (exact) mass is 480 g/mol. The topological polar surface area (TPSA) is 59.8 Å². The maximum atomic E-state index is 13.4. The molecule has 0 aliphatic rings. The molecular weight excluding hydrogens is 456 g/mol. The summed E-state index contributed by atoms with van der Waals surface area (Å²) in [5.74, 6) is -0.143. The van der Waals surface area contributed by atoms with E-state index >= 15 is 0 Å². The van der Waals surface area contributed by atoms with Crippen molar-refractivity contribution in [3.05, 3.63) is 101 Å². The van der Waals surface area contributed by atoms with E-state index in [1.54, 1.807) is 0 Å². The molecule has 0 bridgehead atoms. The number of carbonyl (C=O) groups excluding carboxylic acids is 1. The molecule has 0 fully saturated rings. The van der Waals surface area contributed by atoms with E-state index in [0.717, 1.165) is 39.9 Å². The van der Waals surface area contributed by atoms with Crippen LogP contribution in [0, 0.1) is 6.92 Å². The van der Waals surface area contributed by atoms with Gasteiger partial charge in [-0.15, -0.1) is 0 Å². The van der Waals surface area contributed by atoms with Gasteiger partial charge in [0.25, 0.3) is 5.91 Å². The largest absolute Gasteiger partial charge is 0.352 e. The SMILES string of the molecule is CCCNC(=O)c1c(C)nc2c(c(-c3ccccc3)nn2-c2ccccc2)c1-c1ccc(Cl)cc1. The van der Waals surface area contributed by atoms with Crippen LogP contribution in [0.15, 0.2) is 84.9 Å². The van der Waals surface area contributed by atoms with Gasteiger partial charge in [-0.25, -0.2) is 9.67 Å². The summed E-state index contributed by atoms with van der Waals surface area (Å²) in [6.07, 6.45) is 0.845. The van der Waals surface area contributed by atoms with Gasteiger partial charge in [0.05, 0.1) is 22.3 Å². The molecule has 5 nitrogen and oxygen atoms in total. The zero-order chi connectivity index (χ0) is 24.4. The maximum absolute atomic E-state index is 13.4. The van der Waals surface area contributed by atoms with Gasteiger partial charge >= 0.3 is 0 Å². The number of aryl methyl sites for hydroxylation is 1. The Morgan fingerprint density at radius 2 is 1.57 bits per heavy atom. The van der Waals surface area contributed by atoms with Gasteiger partial charge in [-0.1, -0.05) is 79.2 Å². The molecule has 174 valence electrons. The molecule has 0 radical (unpaired) electrons. The van der Waals surface area contributed by atoms with Gasteiger partial charge in [-0.2, -0.15) is 5.10 Å². The average molecular weight is 481 g/mol. The Labute approximate surface area is 209 Å². The summed E-state index contributed by atoms with van der Waals surface area (Å²) in [5.41, 5.74) is 6.21. The average Bonchev–Trinajstić information content (AvgIpc) is 3.27. The minimum atomic E-state index is -0.143. The number of hydrogen-bond acceptors (Lipinski definition) is 3. The summed E-state index contributed by atoms with van der Waals surface area (Å²) < 4.78 is 1.86. The van der Waals surface area contributed by atoms with Crippen LogP contribution < -0.4 is 5.32 Å². The van der Waals surface area contributed by atoms with Crippen LogP contribution in [-0.2, 0) is 0 Å². The number of hydrogen-bond donors (Lipinski definition) is 1.